The number of halogens is 1. The summed E-state index contributed by atoms with van der Waals surface area (Å²) in [5, 5.41) is 14.6. The zero-order valence-electron chi connectivity index (χ0n) is 14.9. The number of hydrogen-bond acceptors (Lipinski definition) is 5. The van der Waals surface area contributed by atoms with Crippen LogP contribution in [-0.4, -0.2) is 45.9 Å². The molecular weight excluding hydrogens is 433 g/mol. The molecule has 9 heteroatoms. The number of aromatic nitrogens is 4. The molecule has 0 fully saturated rings. The van der Waals surface area contributed by atoms with Gasteiger partial charge in [0.15, 0.2) is 5.96 Å². The van der Waals surface area contributed by atoms with Crippen molar-refractivity contribution in [3.8, 4) is 5.88 Å². The Hall–Kier alpha value is -1.91. The van der Waals surface area contributed by atoms with Gasteiger partial charge in [0.2, 0.25) is 5.88 Å². The number of ether oxygens (including phenoxy) is 1. The average Bonchev–Trinajstić information content (AvgIpc) is 3.07. The van der Waals surface area contributed by atoms with Gasteiger partial charge in [-0.2, -0.15) is 0 Å². The predicted octanol–water partition coefficient (Wildman–Crippen LogP) is 1.62. The van der Waals surface area contributed by atoms with E-state index in [0.29, 0.717) is 12.4 Å². The standard InChI is InChI=1S/C16H25N7O.HI/c1-4-14-22-20-12-23(14)10-9-18-16(17-5-2)19-11-13-7-6-8-15(21-13)24-3;/h6-8,12H,4-5,9-11H2,1-3H3,(H2,17,18,19);1H. The fourth-order valence-corrected chi connectivity index (χ4v) is 2.20. The third-order valence-electron chi connectivity index (χ3n) is 3.39. The van der Waals surface area contributed by atoms with E-state index in [1.165, 1.54) is 0 Å². The highest BCUT2D eigenvalue weighted by Gasteiger charge is 2.03. The number of nitrogens with one attached hydrogen (secondary N) is 2. The molecule has 0 aliphatic heterocycles. The smallest absolute Gasteiger partial charge is 0.213 e. The van der Waals surface area contributed by atoms with E-state index in [4.69, 9.17) is 4.74 Å². The molecule has 8 nitrogen and oxygen atoms in total. The summed E-state index contributed by atoms with van der Waals surface area (Å²) in [5.74, 6) is 2.34. The highest BCUT2D eigenvalue weighted by atomic mass is 127. The van der Waals surface area contributed by atoms with Crippen molar-refractivity contribution in [3.05, 3.63) is 36.0 Å². The highest BCUT2D eigenvalue weighted by molar-refractivity contribution is 14.0. The molecule has 2 heterocycles. The molecule has 0 saturated heterocycles. The Balaban J connectivity index is 0.00000312. The Kier molecular flexibility index (Phi) is 9.81. The van der Waals surface area contributed by atoms with Crippen LogP contribution in [0.2, 0.25) is 0 Å². The minimum absolute atomic E-state index is 0. The largest absolute Gasteiger partial charge is 0.481 e. The van der Waals surface area contributed by atoms with E-state index in [9.17, 15) is 0 Å². The van der Waals surface area contributed by atoms with E-state index in [1.54, 1.807) is 13.4 Å². The summed E-state index contributed by atoms with van der Waals surface area (Å²) in [5.41, 5.74) is 0.860. The van der Waals surface area contributed by atoms with Crippen molar-refractivity contribution in [1.82, 2.24) is 30.4 Å². The molecular formula is C16H26IN7O. The molecule has 0 unspecified atom stereocenters. The summed E-state index contributed by atoms with van der Waals surface area (Å²) in [6.07, 6.45) is 2.63. The third-order valence-corrected chi connectivity index (χ3v) is 3.39. The lowest BCUT2D eigenvalue weighted by Crippen LogP contribution is -2.39. The van der Waals surface area contributed by atoms with Gasteiger partial charge in [0, 0.05) is 32.1 Å². The highest BCUT2D eigenvalue weighted by Crippen LogP contribution is 2.07. The Labute approximate surface area is 165 Å². The summed E-state index contributed by atoms with van der Waals surface area (Å²) >= 11 is 0. The van der Waals surface area contributed by atoms with Gasteiger partial charge in [0.1, 0.15) is 12.2 Å². The molecule has 0 bridgehead atoms. The van der Waals surface area contributed by atoms with Crippen LogP contribution in [-0.2, 0) is 19.5 Å². The maximum atomic E-state index is 5.13. The van der Waals surface area contributed by atoms with Crippen LogP contribution in [0.3, 0.4) is 0 Å². The zero-order chi connectivity index (χ0) is 17.2. The maximum absolute atomic E-state index is 5.13. The van der Waals surface area contributed by atoms with Crippen LogP contribution in [0.5, 0.6) is 5.88 Å². The van der Waals surface area contributed by atoms with Crippen molar-refractivity contribution in [2.24, 2.45) is 4.99 Å². The number of hydrogen-bond donors (Lipinski definition) is 2. The molecule has 138 valence electrons. The van der Waals surface area contributed by atoms with Crippen molar-refractivity contribution in [1.29, 1.82) is 0 Å². The first-order valence-electron chi connectivity index (χ1n) is 8.15. The van der Waals surface area contributed by atoms with Gasteiger partial charge in [-0.05, 0) is 13.0 Å². The molecule has 2 aromatic heterocycles. The molecule has 0 atom stereocenters. The monoisotopic (exact) mass is 459 g/mol. The van der Waals surface area contributed by atoms with Crippen molar-refractivity contribution in [2.45, 2.75) is 33.4 Å². The third kappa shape index (κ3) is 6.85. The van der Waals surface area contributed by atoms with E-state index in [2.05, 4.69) is 37.7 Å². The fraction of sp³-hybridized carbons (Fsp3) is 0.500. The number of methoxy groups -OCH3 is 1. The molecule has 2 aromatic rings. The molecule has 0 saturated carbocycles. The van der Waals surface area contributed by atoms with Gasteiger partial charge in [-0.15, -0.1) is 34.2 Å². The molecule has 0 aromatic carbocycles. The van der Waals surface area contributed by atoms with Gasteiger partial charge in [-0.1, -0.05) is 13.0 Å². The maximum Gasteiger partial charge on any atom is 0.213 e. The van der Waals surface area contributed by atoms with Crippen LogP contribution in [0, 0.1) is 0 Å². The Bertz CT molecular complexity index is 659. The molecule has 0 amide bonds. The lowest BCUT2D eigenvalue weighted by Gasteiger charge is -2.12. The first-order chi connectivity index (χ1) is 11.8. The molecule has 0 aliphatic rings. The van der Waals surface area contributed by atoms with Gasteiger partial charge < -0.3 is 19.9 Å². The molecule has 0 spiro atoms. The first-order valence-corrected chi connectivity index (χ1v) is 8.15. The number of rotatable bonds is 8. The summed E-state index contributed by atoms with van der Waals surface area (Å²) in [6.45, 7) is 6.92. The van der Waals surface area contributed by atoms with Crippen LogP contribution in [0.15, 0.2) is 29.5 Å². The molecule has 2 N–H and O–H groups in total. The van der Waals surface area contributed by atoms with Crippen molar-refractivity contribution in [2.75, 3.05) is 20.2 Å². The lowest BCUT2D eigenvalue weighted by molar-refractivity contribution is 0.396. The van der Waals surface area contributed by atoms with E-state index in [-0.39, 0.29) is 24.0 Å². The van der Waals surface area contributed by atoms with Gasteiger partial charge in [0.05, 0.1) is 19.3 Å². The second-order valence-corrected chi connectivity index (χ2v) is 5.09. The SMILES string of the molecule is CCNC(=NCc1cccc(OC)n1)NCCn1cnnc1CC.I. The Morgan fingerprint density at radius 2 is 2.12 bits per heavy atom. The fourth-order valence-electron chi connectivity index (χ4n) is 2.20. The van der Waals surface area contributed by atoms with Gasteiger partial charge >= 0.3 is 0 Å². The van der Waals surface area contributed by atoms with Crippen LogP contribution in [0.25, 0.3) is 0 Å². The summed E-state index contributed by atoms with van der Waals surface area (Å²) in [6, 6.07) is 5.66. The molecule has 2 rings (SSSR count). The molecule has 25 heavy (non-hydrogen) atoms. The van der Waals surface area contributed by atoms with E-state index in [1.807, 2.05) is 29.7 Å². The normalized spacial score (nSPS) is 10.9. The Morgan fingerprint density at radius 1 is 1.28 bits per heavy atom. The zero-order valence-corrected chi connectivity index (χ0v) is 17.2. The minimum atomic E-state index is 0. The van der Waals surface area contributed by atoms with Crippen LogP contribution in [0.4, 0.5) is 0 Å². The molecule has 0 aliphatic carbocycles. The summed E-state index contributed by atoms with van der Waals surface area (Å²) in [7, 11) is 1.61. The van der Waals surface area contributed by atoms with Gasteiger partial charge in [0.25, 0.3) is 0 Å². The van der Waals surface area contributed by atoms with Crippen LogP contribution in [0.1, 0.15) is 25.4 Å². The topological polar surface area (TPSA) is 89.3 Å². The number of pyridine rings is 1. The van der Waals surface area contributed by atoms with Gasteiger partial charge in [-0.25, -0.2) is 9.98 Å². The number of nitrogens with zero attached hydrogens (tertiary/aromatic N) is 5. The summed E-state index contributed by atoms with van der Waals surface area (Å²) < 4.78 is 7.17. The van der Waals surface area contributed by atoms with E-state index >= 15 is 0 Å². The number of aryl methyl sites for hydroxylation is 1. The Morgan fingerprint density at radius 3 is 2.84 bits per heavy atom. The van der Waals surface area contributed by atoms with Gasteiger partial charge in [-0.3, -0.25) is 0 Å². The van der Waals surface area contributed by atoms with Crippen molar-refractivity contribution in [3.63, 3.8) is 0 Å². The number of aliphatic imine (C=N–C) groups is 1. The predicted molar refractivity (Wildman–Crippen MR) is 108 cm³/mol. The van der Waals surface area contributed by atoms with Crippen LogP contribution >= 0.6 is 24.0 Å². The van der Waals surface area contributed by atoms with Crippen molar-refractivity contribution >= 4 is 29.9 Å². The second-order valence-electron chi connectivity index (χ2n) is 5.09. The van der Waals surface area contributed by atoms with Crippen molar-refractivity contribution < 1.29 is 4.74 Å². The van der Waals surface area contributed by atoms with E-state index in [0.717, 1.165) is 43.5 Å². The van der Waals surface area contributed by atoms with E-state index < -0.39 is 0 Å². The first kappa shape index (κ1) is 21.1. The summed E-state index contributed by atoms with van der Waals surface area (Å²) in [4.78, 5) is 8.92. The second kappa shape index (κ2) is 11.6. The minimum Gasteiger partial charge on any atom is -0.481 e. The quantitative estimate of drug-likeness (QED) is 0.355. The van der Waals surface area contributed by atoms with Crippen LogP contribution < -0.4 is 15.4 Å². The lowest BCUT2D eigenvalue weighted by atomic mass is 10.3. The molecule has 0 radical (unpaired) electrons. The number of guanidine groups is 1. The average molecular weight is 459 g/mol.